The second kappa shape index (κ2) is 4.96. The largest absolute Gasteiger partial charge is 0.504 e. The van der Waals surface area contributed by atoms with Crippen molar-refractivity contribution in [2.45, 2.75) is 0 Å². The van der Waals surface area contributed by atoms with Crippen molar-refractivity contribution in [3.63, 3.8) is 0 Å². The number of rotatable bonds is 2. The van der Waals surface area contributed by atoms with E-state index in [4.69, 9.17) is 27.9 Å². The van der Waals surface area contributed by atoms with E-state index in [-0.39, 0.29) is 27.6 Å². The zero-order valence-corrected chi connectivity index (χ0v) is 10.6. The number of hydrogen-bond donors (Lipinski definition) is 1. The third-order valence-electron chi connectivity index (χ3n) is 2.21. The Morgan fingerprint density at radius 1 is 1.22 bits per heavy atom. The van der Waals surface area contributed by atoms with Crippen LogP contribution in [0.15, 0.2) is 18.2 Å². The molecule has 0 saturated carbocycles. The maximum atomic E-state index is 13.2. The van der Waals surface area contributed by atoms with E-state index in [1.165, 1.54) is 25.3 Å². The first-order valence-electron chi connectivity index (χ1n) is 4.79. The van der Waals surface area contributed by atoms with E-state index in [2.05, 4.69) is 9.97 Å². The second-order valence-electron chi connectivity index (χ2n) is 3.33. The van der Waals surface area contributed by atoms with Crippen molar-refractivity contribution in [2.75, 3.05) is 7.11 Å². The molecule has 1 aromatic heterocycles. The number of aromatic hydroxyl groups is 1. The lowest BCUT2D eigenvalue weighted by Crippen LogP contribution is -1.95. The number of nitrogens with zero attached hydrogens (tertiary/aromatic N) is 2. The molecule has 1 aromatic carbocycles. The number of methoxy groups -OCH3 is 1. The van der Waals surface area contributed by atoms with Gasteiger partial charge in [0.25, 0.3) is 0 Å². The number of halogens is 3. The minimum atomic E-state index is -0.868. The van der Waals surface area contributed by atoms with Crippen LogP contribution in [0.3, 0.4) is 0 Å². The van der Waals surface area contributed by atoms with Crippen molar-refractivity contribution >= 4 is 23.2 Å². The Hall–Kier alpha value is -1.59. The molecule has 18 heavy (non-hydrogen) atoms. The zero-order valence-electron chi connectivity index (χ0n) is 9.12. The quantitative estimate of drug-likeness (QED) is 0.862. The number of benzene rings is 1. The molecule has 2 rings (SSSR count). The molecule has 2 aromatic rings. The summed E-state index contributed by atoms with van der Waals surface area (Å²) in [6.07, 6.45) is 0. The van der Waals surface area contributed by atoms with Crippen LogP contribution in [-0.4, -0.2) is 22.2 Å². The smallest absolute Gasteiger partial charge is 0.197 e. The Bertz CT molecular complexity index is 585. The van der Waals surface area contributed by atoms with Crippen molar-refractivity contribution in [1.29, 1.82) is 0 Å². The lowest BCUT2D eigenvalue weighted by Gasteiger charge is -2.06. The highest BCUT2D eigenvalue weighted by molar-refractivity contribution is 6.33. The van der Waals surface area contributed by atoms with Gasteiger partial charge in [-0.05, 0) is 18.2 Å². The van der Waals surface area contributed by atoms with Crippen molar-refractivity contribution in [3.8, 4) is 22.9 Å². The Kier molecular flexibility index (Phi) is 3.54. The molecule has 0 amide bonds. The molecule has 7 heteroatoms. The predicted molar refractivity (Wildman–Crippen MR) is 65.7 cm³/mol. The van der Waals surface area contributed by atoms with E-state index in [1.807, 2.05) is 0 Å². The summed E-state index contributed by atoms with van der Waals surface area (Å²) in [5.74, 6) is -0.509. The third kappa shape index (κ3) is 2.32. The van der Waals surface area contributed by atoms with E-state index in [0.717, 1.165) is 0 Å². The maximum Gasteiger partial charge on any atom is 0.197 e. The molecule has 0 aliphatic carbocycles. The normalized spacial score (nSPS) is 10.4. The number of phenols is 1. The highest BCUT2D eigenvalue weighted by atomic mass is 35.5. The zero-order chi connectivity index (χ0) is 13.3. The molecule has 0 spiro atoms. The molecule has 0 aliphatic heterocycles. The molecular formula is C11H7Cl2FN2O2. The van der Waals surface area contributed by atoms with Gasteiger partial charge in [-0.25, -0.2) is 14.4 Å². The van der Waals surface area contributed by atoms with Crippen molar-refractivity contribution in [2.24, 2.45) is 0 Å². The van der Waals surface area contributed by atoms with Gasteiger partial charge in [0.2, 0.25) is 0 Å². The summed E-state index contributed by atoms with van der Waals surface area (Å²) in [6, 6.07) is 4.44. The minimum absolute atomic E-state index is 0.0273. The Morgan fingerprint density at radius 3 is 2.39 bits per heavy atom. The molecule has 4 nitrogen and oxygen atoms in total. The van der Waals surface area contributed by atoms with Gasteiger partial charge in [0.1, 0.15) is 0 Å². The molecule has 1 N–H and O–H groups in total. The third-order valence-corrected chi connectivity index (χ3v) is 2.71. The van der Waals surface area contributed by atoms with E-state index in [1.54, 1.807) is 0 Å². The lowest BCUT2D eigenvalue weighted by molar-refractivity contribution is 0.373. The molecule has 0 atom stereocenters. The maximum absolute atomic E-state index is 13.2. The summed E-state index contributed by atoms with van der Waals surface area (Å²) in [5.41, 5.74) is 0.494. The summed E-state index contributed by atoms with van der Waals surface area (Å²) < 4.78 is 18.1. The van der Waals surface area contributed by atoms with Crippen molar-refractivity contribution in [1.82, 2.24) is 9.97 Å². The predicted octanol–water partition coefficient (Wildman–Crippen LogP) is 3.30. The van der Waals surface area contributed by atoms with Gasteiger partial charge < -0.3 is 9.84 Å². The molecule has 94 valence electrons. The molecule has 0 saturated heterocycles. The van der Waals surface area contributed by atoms with E-state index in [9.17, 15) is 9.50 Å². The molecule has 1 heterocycles. The van der Waals surface area contributed by atoms with Gasteiger partial charge in [-0.1, -0.05) is 23.2 Å². The molecular weight excluding hydrogens is 282 g/mol. The molecule has 0 radical (unpaired) electrons. The summed E-state index contributed by atoms with van der Waals surface area (Å²) in [6.45, 7) is 0. The molecule has 0 aliphatic rings. The van der Waals surface area contributed by atoms with Crippen LogP contribution >= 0.6 is 23.2 Å². The average molecular weight is 289 g/mol. The SMILES string of the molecule is COc1cc(-c2nc(Cl)c(F)c(Cl)n2)ccc1O. The minimum Gasteiger partial charge on any atom is -0.504 e. The van der Waals surface area contributed by atoms with E-state index >= 15 is 0 Å². The van der Waals surface area contributed by atoms with Crippen LogP contribution in [0.1, 0.15) is 0 Å². The fourth-order valence-electron chi connectivity index (χ4n) is 1.34. The first-order valence-corrected chi connectivity index (χ1v) is 5.54. The molecule has 0 unspecified atom stereocenters. The fourth-order valence-corrected chi connectivity index (χ4v) is 1.73. The van der Waals surface area contributed by atoms with Gasteiger partial charge >= 0.3 is 0 Å². The topological polar surface area (TPSA) is 55.2 Å². The number of aromatic nitrogens is 2. The fraction of sp³-hybridized carbons (Fsp3) is 0.0909. The number of hydrogen-bond acceptors (Lipinski definition) is 4. The van der Waals surface area contributed by atoms with Crippen molar-refractivity contribution < 1.29 is 14.2 Å². The molecule has 0 fully saturated rings. The Balaban J connectivity index is 2.55. The van der Waals surface area contributed by atoms with Gasteiger partial charge in [-0.3, -0.25) is 0 Å². The average Bonchev–Trinajstić information content (AvgIpc) is 2.36. The Morgan fingerprint density at radius 2 is 1.83 bits per heavy atom. The van der Waals surface area contributed by atoms with E-state index < -0.39 is 5.82 Å². The lowest BCUT2D eigenvalue weighted by atomic mass is 10.2. The standard InChI is InChI=1S/C11H7Cl2FN2O2/c1-18-7-4-5(2-3-6(7)17)11-15-9(12)8(14)10(13)16-11/h2-4,17H,1H3. The summed E-state index contributed by atoms with van der Waals surface area (Å²) in [4.78, 5) is 7.53. The van der Waals surface area contributed by atoms with Gasteiger partial charge in [0.05, 0.1) is 7.11 Å². The van der Waals surface area contributed by atoms with Gasteiger partial charge in [0, 0.05) is 5.56 Å². The number of ether oxygens (including phenoxy) is 1. The highest BCUT2D eigenvalue weighted by Gasteiger charge is 2.13. The monoisotopic (exact) mass is 288 g/mol. The van der Waals surface area contributed by atoms with Crippen molar-refractivity contribution in [3.05, 3.63) is 34.3 Å². The van der Waals surface area contributed by atoms with Gasteiger partial charge in [-0.15, -0.1) is 0 Å². The summed E-state index contributed by atoms with van der Waals surface area (Å²) in [5, 5.41) is 8.73. The van der Waals surface area contributed by atoms with Crippen LogP contribution in [0.4, 0.5) is 4.39 Å². The number of phenolic OH excluding ortho intramolecular Hbond substituents is 1. The van der Waals surface area contributed by atoms with Crippen LogP contribution in [-0.2, 0) is 0 Å². The van der Waals surface area contributed by atoms with Crippen LogP contribution < -0.4 is 4.74 Å². The van der Waals surface area contributed by atoms with Gasteiger partial charge in [-0.2, -0.15) is 0 Å². The van der Waals surface area contributed by atoms with E-state index in [0.29, 0.717) is 5.56 Å². The van der Waals surface area contributed by atoms with Crippen LogP contribution in [0.5, 0.6) is 11.5 Å². The first-order chi connectivity index (χ1) is 8.52. The molecule has 0 bridgehead atoms. The second-order valence-corrected chi connectivity index (χ2v) is 4.05. The summed E-state index contributed by atoms with van der Waals surface area (Å²) in [7, 11) is 1.41. The Labute approximate surface area is 112 Å². The van der Waals surface area contributed by atoms with Crippen LogP contribution in [0, 0.1) is 5.82 Å². The summed E-state index contributed by atoms with van der Waals surface area (Å²) >= 11 is 11.2. The highest BCUT2D eigenvalue weighted by Crippen LogP contribution is 2.31. The first kappa shape index (κ1) is 12.9. The van der Waals surface area contributed by atoms with Crippen LogP contribution in [0.25, 0.3) is 11.4 Å². The van der Waals surface area contributed by atoms with Gasteiger partial charge in [0.15, 0.2) is 33.4 Å². The van der Waals surface area contributed by atoms with Crippen LogP contribution in [0.2, 0.25) is 10.3 Å².